The maximum absolute atomic E-state index is 5.48. The normalized spacial score (nSPS) is 16.7. The molecule has 1 nitrogen and oxygen atoms in total. The maximum atomic E-state index is 5.48. The molecular weight excluding hydrogens is 228 g/mol. The number of furan rings is 1. The van der Waals surface area contributed by atoms with E-state index in [0.29, 0.717) is 0 Å². The van der Waals surface area contributed by atoms with Crippen LogP contribution >= 0.6 is 15.9 Å². The van der Waals surface area contributed by atoms with Gasteiger partial charge in [0.2, 0.25) is 0 Å². The number of benzene rings is 1. The van der Waals surface area contributed by atoms with Gasteiger partial charge in [-0.1, -0.05) is 15.9 Å². The van der Waals surface area contributed by atoms with E-state index in [0.717, 1.165) is 16.0 Å². The zero-order valence-corrected chi connectivity index (χ0v) is 8.67. The van der Waals surface area contributed by atoms with Gasteiger partial charge in [0.05, 0.1) is 6.26 Å². The Kier molecular flexibility index (Phi) is 1.53. The average Bonchev–Trinajstić information content (AvgIpc) is 2.87. The third kappa shape index (κ3) is 1.20. The molecular formula is C11H9BrO. The second-order valence-electron chi connectivity index (χ2n) is 3.61. The third-order valence-corrected chi connectivity index (χ3v) is 3.08. The second kappa shape index (κ2) is 2.61. The SMILES string of the molecule is Brc1ccc2occ(C3CC3)c2c1. The van der Waals surface area contributed by atoms with Crippen LogP contribution in [0.4, 0.5) is 0 Å². The monoisotopic (exact) mass is 236 g/mol. The lowest BCUT2D eigenvalue weighted by Gasteiger charge is -1.93. The van der Waals surface area contributed by atoms with E-state index in [1.54, 1.807) is 0 Å². The molecule has 0 bridgehead atoms. The van der Waals surface area contributed by atoms with Gasteiger partial charge in [-0.25, -0.2) is 0 Å². The van der Waals surface area contributed by atoms with Gasteiger partial charge >= 0.3 is 0 Å². The zero-order chi connectivity index (χ0) is 8.84. The van der Waals surface area contributed by atoms with E-state index in [-0.39, 0.29) is 0 Å². The molecule has 0 atom stereocenters. The molecule has 2 aromatic rings. The van der Waals surface area contributed by atoms with Crippen molar-refractivity contribution in [2.75, 3.05) is 0 Å². The summed E-state index contributed by atoms with van der Waals surface area (Å²) in [6, 6.07) is 6.18. The fraction of sp³-hybridized carbons (Fsp3) is 0.273. The highest BCUT2D eigenvalue weighted by Gasteiger charge is 2.26. The van der Waals surface area contributed by atoms with Gasteiger partial charge in [-0.3, -0.25) is 0 Å². The Balaban J connectivity index is 2.29. The summed E-state index contributed by atoms with van der Waals surface area (Å²) in [5, 5.41) is 1.27. The topological polar surface area (TPSA) is 13.1 Å². The molecule has 0 saturated heterocycles. The maximum Gasteiger partial charge on any atom is 0.134 e. The molecule has 1 aromatic carbocycles. The summed E-state index contributed by atoms with van der Waals surface area (Å²) in [7, 11) is 0. The van der Waals surface area contributed by atoms with Crippen LogP contribution in [0.5, 0.6) is 0 Å². The first kappa shape index (κ1) is 7.63. The molecule has 1 heterocycles. The molecule has 1 aliphatic rings. The van der Waals surface area contributed by atoms with Gasteiger partial charge in [0.15, 0.2) is 0 Å². The van der Waals surface area contributed by atoms with Gasteiger partial charge in [-0.15, -0.1) is 0 Å². The summed E-state index contributed by atoms with van der Waals surface area (Å²) in [6.07, 6.45) is 4.55. The van der Waals surface area contributed by atoms with Gasteiger partial charge < -0.3 is 4.42 Å². The average molecular weight is 237 g/mol. The van der Waals surface area contributed by atoms with Crippen LogP contribution < -0.4 is 0 Å². The predicted octanol–water partition coefficient (Wildman–Crippen LogP) is 4.07. The molecule has 1 aliphatic carbocycles. The van der Waals surface area contributed by atoms with E-state index in [1.165, 1.54) is 23.8 Å². The van der Waals surface area contributed by atoms with E-state index >= 15 is 0 Å². The number of hydrogen-bond donors (Lipinski definition) is 0. The van der Waals surface area contributed by atoms with Crippen molar-refractivity contribution in [1.29, 1.82) is 0 Å². The summed E-state index contributed by atoms with van der Waals surface area (Å²) in [5.41, 5.74) is 2.39. The molecule has 0 radical (unpaired) electrons. The van der Waals surface area contributed by atoms with Crippen LogP contribution in [0.3, 0.4) is 0 Å². The van der Waals surface area contributed by atoms with E-state index in [4.69, 9.17) is 4.42 Å². The minimum absolute atomic E-state index is 0.760. The summed E-state index contributed by atoms with van der Waals surface area (Å²) >= 11 is 3.48. The minimum Gasteiger partial charge on any atom is -0.464 e. The molecule has 0 N–H and O–H groups in total. The lowest BCUT2D eigenvalue weighted by atomic mass is 10.1. The van der Waals surface area contributed by atoms with Gasteiger partial charge in [-0.2, -0.15) is 0 Å². The number of halogens is 1. The molecule has 0 aliphatic heterocycles. The fourth-order valence-corrected chi connectivity index (χ4v) is 2.09. The van der Waals surface area contributed by atoms with Crippen molar-refractivity contribution in [2.24, 2.45) is 0 Å². The van der Waals surface area contributed by atoms with E-state index in [2.05, 4.69) is 22.0 Å². The van der Waals surface area contributed by atoms with Crippen LogP contribution in [-0.2, 0) is 0 Å². The Hall–Kier alpha value is -0.760. The smallest absolute Gasteiger partial charge is 0.134 e. The fourth-order valence-electron chi connectivity index (χ4n) is 1.73. The molecule has 66 valence electrons. The summed E-state index contributed by atoms with van der Waals surface area (Å²) in [4.78, 5) is 0. The van der Waals surface area contributed by atoms with Crippen molar-refractivity contribution in [3.8, 4) is 0 Å². The largest absolute Gasteiger partial charge is 0.464 e. The van der Waals surface area contributed by atoms with Gasteiger partial charge in [0, 0.05) is 15.4 Å². The van der Waals surface area contributed by atoms with Crippen LogP contribution in [0, 0.1) is 0 Å². The summed E-state index contributed by atoms with van der Waals surface area (Å²) < 4.78 is 6.61. The lowest BCUT2D eigenvalue weighted by molar-refractivity contribution is 0.610. The third-order valence-electron chi connectivity index (χ3n) is 2.58. The van der Waals surface area contributed by atoms with E-state index in [9.17, 15) is 0 Å². The first-order chi connectivity index (χ1) is 6.34. The Labute approximate surface area is 84.9 Å². The van der Waals surface area contributed by atoms with Crippen molar-refractivity contribution in [2.45, 2.75) is 18.8 Å². The summed E-state index contributed by atoms with van der Waals surface area (Å²) in [6.45, 7) is 0. The number of fused-ring (bicyclic) bond motifs is 1. The highest BCUT2D eigenvalue weighted by atomic mass is 79.9. The molecule has 1 fully saturated rings. The molecule has 0 spiro atoms. The van der Waals surface area contributed by atoms with Crippen molar-refractivity contribution in [3.63, 3.8) is 0 Å². The summed E-state index contributed by atoms with van der Waals surface area (Å²) in [5.74, 6) is 0.760. The minimum atomic E-state index is 0.760. The van der Waals surface area contributed by atoms with E-state index < -0.39 is 0 Å². The van der Waals surface area contributed by atoms with Crippen LogP contribution in [0.15, 0.2) is 33.4 Å². The number of hydrogen-bond acceptors (Lipinski definition) is 1. The van der Waals surface area contributed by atoms with E-state index in [1.807, 2.05) is 18.4 Å². The van der Waals surface area contributed by atoms with Crippen LogP contribution in [0.1, 0.15) is 24.3 Å². The van der Waals surface area contributed by atoms with Crippen molar-refractivity contribution in [3.05, 3.63) is 34.5 Å². The molecule has 13 heavy (non-hydrogen) atoms. The number of rotatable bonds is 1. The van der Waals surface area contributed by atoms with Gasteiger partial charge in [0.25, 0.3) is 0 Å². The molecule has 1 aromatic heterocycles. The van der Waals surface area contributed by atoms with Crippen LogP contribution in [0.25, 0.3) is 11.0 Å². The second-order valence-corrected chi connectivity index (χ2v) is 4.52. The highest BCUT2D eigenvalue weighted by Crippen LogP contribution is 2.44. The molecule has 2 heteroatoms. The standard InChI is InChI=1S/C11H9BrO/c12-8-3-4-11-9(5-8)10(6-13-11)7-1-2-7/h3-7H,1-2H2. The first-order valence-corrected chi connectivity index (χ1v) is 5.30. The molecule has 0 unspecified atom stereocenters. The Morgan fingerprint density at radius 3 is 2.92 bits per heavy atom. The van der Waals surface area contributed by atoms with Crippen molar-refractivity contribution >= 4 is 26.9 Å². The predicted molar refractivity (Wildman–Crippen MR) is 55.9 cm³/mol. The van der Waals surface area contributed by atoms with Gasteiger partial charge in [0.1, 0.15) is 5.58 Å². The Bertz CT molecular complexity index is 454. The Morgan fingerprint density at radius 1 is 1.31 bits per heavy atom. The van der Waals surface area contributed by atoms with Crippen LogP contribution in [0.2, 0.25) is 0 Å². The first-order valence-electron chi connectivity index (χ1n) is 4.51. The lowest BCUT2D eigenvalue weighted by Crippen LogP contribution is -1.74. The molecule has 3 rings (SSSR count). The van der Waals surface area contributed by atoms with Crippen molar-refractivity contribution < 1.29 is 4.42 Å². The van der Waals surface area contributed by atoms with Gasteiger partial charge in [-0.05, 0) is 37.0 Å². The Morgan fingerprint density at radius 2 is 2.15 bits per heavy atom. The highest BCUT2D eigenvalue weighted by molar-refractivity contribution is 9.10. The quantitative estimate of drug-likeness (QED) is 0.728. The van der Waals surface area contributed by atoms with Crippen molar-refractivity contribution in [1.82, 2.24) is 0 Å². The molecule has 0 amide bonds. The molecule has 1 saturated carbocycles. The zero-order valence-electron chi connectivity index (χ0n) is 7.09. The van der Waals surface area contributed by atoms with Crippen LogP contribution in [-0.4, -0.2) is 0 Å².